The van der Waals surface area contributed by atoms with Crippen LogP contribution in [-0.2, 0) is 25.6 Å². The van der Waals surface area contributed by atoms with Gasteiger partial charge in [0.2, 0.25) is 11.8 Å². The summed E-state index contributed by atoms with van der Waals surface area (Å²) in [5.41, 5.74) is 3.67. The molecule has 2 aromatic carbocycles. The molecule has 4 amide bonds. The van der Waals surface area contributed by atoms with Gasteiger partial charge in [-0.1, -0.05) is 37.4 Å². The molecule has 0 bridgehead atoms. The quantitative estimate of drug-likeness (QED) is 0.598. The largest absolute Gasteiger partial charge is 0.274 e. The molecule has 2 fully saturated rings. The van der Waals surface area contributed by atoms with Crippen molar-refractivity contribution >= 4 is 35.0 Å². The summed E-state index contributed by atoms with van der Waals surface area (Å²) >= 11 is 0. The van der Waals surface area contributed by atoms with E-state index in [2.05, 4.69) is 13.2 Å². The summed E-state index contributed by atoms with van der Waals surface area (Å²) < 4.78 is 0. The molecule has 6 heteroatoms. The lowest BCUT2D eigenvalue weighted by atomic mass is 10.0. The standard InChI is InChI=1S/C23H18N2O4/c1-14-11-20(26)24(22(14)28)18-7-3-16(4-8-18)13-17-5-9-19(10-6-17)25-21(27)12-15(2)23(25)29/h3-10H,1-2,11-13H2. The van der Waals surface area contributed by atoms with Crippen molar-refractivity contribution in [1.29, 1.82) is 0 Å². The van der Waals surface area contributed by atoms with Gasteiger partial charge in [0.1, 0.15) is 0 Å². The Bertz CT molecular complexity index is 993. The van der Waals surface area contributed by atoms with Crippen LogP contribution in [0.4, 0.5) is 11.4 Å². The van der Waals surface area contributed by atoms with Crippen molar-refractivity contribution in [2.24, 2.45) is 0 Å². The lowest BCUT2D eigenvalue weighted by Gasteiger charge is -2.15. The van der Waals surface area contributed by atoms with E-state index < -0.39 is 0 Å². The van der Waals surface area contributed by atoms with Gasteiger partial charge in [-0.15, -0.1) is 0 Å². The van der Waals surface area contributed by atoms with Crippen LogP contribution in [0.3, 0.4) is 0 Å². The SMILES string of the molecule is C=C1CC(=O)N(c2ccc(Cc3ccc(N4C(=O)CC(=C)C4=O)cc3)cc2)C1=O. The smallest absolute Gasteiger partial charge is 0.260 e. The molecule has 4 rings (SSSR count). The zero-order chi connectivity index (χ0) is 20.7. The molecule has 144 valence electrons. The normalized spacial score (nSPS) is 17.1. The Balaban J connectivity index is 1.47. The molecule has 2 saturated heterocycles. The molecular weight excluding hydrogens is 368 g/mol. The van der Waals surface area contributed by atoms with E-state index in [0.29, 0.717) is 28.9 Å². The monoisotopic (exact) mass is 386 g/mol. The molecule has 6 nitrogen and oxygen atoms in total. The third kappa shape index (κ3) is 3.29. The summed E-state index contributed by atoms with van der Waals surface area (Å²) in [4.78, 5) is 50.3. The van der Waals surface area contributed by atoms with Crippen molar-refractivity contribution in [3.8, 4) is 0 Å². The van der Waals surface area contributed by atoms with Crippen LogP contribution in [0.5, 0.6) is 0 Å². The van der Waals surface area contributed by atoms with Crippen molar-refractivity contribution in [1.82, 2.24) is 0 Å². The van der Waals surface area contributed by atoms with E-state index in [4.69, 9.17) is 0 Å². The van der Waals surface area contributed by atoms with E-state index in [1.807, 2.05) is 24.3 Å². The molecule has 0 aliphatic carbocycles. The lowest BCUT2D eigenvalue weighted by Crippen LogP contribution is -2.28. The summed E-state index contributed by atoms with van der Waals surface area (Å²) in [7, 11) is 0. The van der Waals surface area contributed by atoms with Crippen LogP contribution in [0.15, 0.2) is 72.8 Å². The van der Waals surface area contributed by atoms with Crippen molar-refractivity contribution in [3.05, 3.63) is 84.0 Å². The zero-order valence-electron chi connectivity index (χ0n) is 15.7. The van der Waals surface area contributed by atoms with Crippen LogP contribution in [0.25, 0.3) is 0 Å². The Kier molecular flexibility index (Phi) is 4.47. The molecule has 2 aliphatic heterocycles. The number of benzene rings is 2. The average Bonchev–Trinajstić information content (AvgIpc) is 3.10. The lowest BCUT2D eigenvalue weighted by molar-refractivity contribution is -0.122. The van der Waals surface area contributed by atoms with Crippen molar-refractivity contribution < 1.29 is 19.2 Å². The average molecular weight is 386 g/mol. The highest BCUT2D eigenvalue weighted by Gasteiger charge is 2.34. The van der Waals surface area contributed by atoms with E-state index in [-0.39, 0.29) is 36.5 Å². The van der Waals surface area contributed by atoms with Gasteiger partial charge in [-0.25, -0.2) is 9.80 Å². The predicted octanol–water partition coefficient (Wildman–Crippen LogP) is 2.92. The first-order valence-electron chi connectivity index (χ1n) is 9.13. The molecule has 0 N–H and O–H groups in total. The number of nitrogens with zero attached hydrogens (tertiary/aromatic N) is 2. The minimum absolute atomic E-state index is 0.0578. The number of hydrogen-bond acceptors (Lipinski definition) is 4. The van der Waals surface area contributed by atoms with E-state index in [0.717, 1.165) is 20.9 Å². The van der Waals surface area contributed by atoms with Crippen LogP contribution < -0.4 is 9.80 Å². The summed E-state index contributed by atoms with van der Waals surface area (Å²) in [6, 6.07) is 14.4. The van der Waals surface area contributed by atoms with Gasteiger partial charge in [0.05, 0.1) is 24.2 Å². The van der Waals surface area contributed by atoms with Gasteiger partial charge in [-0.2, -0.15) is 0 Å². The minimum atomic E-state index is -0.355. The van der Waals surface area contributed by atoms with E-state index in [1.165, 1.54) is 0 Å². The Hall–Kier alpha value is -3.80. The van der Waals surface area contributed by atoms with Gasteiger partial charge in [-0.3, -0.25) is 19.2 Å². The number of carbonyl (C=O) groups is 4. The second-order valence-corrected chi connectivity index (χ2v) is 7.14. The third-order valence-corrected chi connectivity index (χ3v) is 5.04. The summed E-state index contributed by atoms with van der Waals surface area (Å²) in [5, 5.41) is 0. The topological polar surface area (TPSA) is 74.8 Å². The Morgan fingerprint density at radius 3 is 1.24 bits per heavy atom. The molecule has 0 aromatic heterocycles. The summed E-state index contributed by atoms with van der Waals surface area (Å²) in [6.45, 7) is 7.24. The first-order chi connectivity index (χ1) is 13.8. The van der Waals surface area contributed by atoms with Crippen LogP contribution in [0.2, 0.25) is 0 Å². The molecule has 0 atom stereocenters. The van der Waals surface area contributed by atoms with Gasteiger partial charge < -0.3 is 0 Å². The molecule has 2 heterocycles. The van der Waals surface area contributed by atoms with E-state index in [9.17, 15) is 19.2 Å². The highest BCUT2D eigenvalue weighted by atomic mass is 16.2. The van der Waals surface area contributed by atoms with Gasteiger partial charge in [-0.05, 0) is 41.8 Å². The molecule has 0 unspecified atom stereocenters. The third-order valence-electron chi connectivity index (χ3n) is 5.04. The highest BCUT2D eigenvalue weighted by Crippen LogP contribution is 2.27. The Morgan fingerprint density at radius 1 is 0.621 bits per heavy atom. The maximum atomic E-state index is 12.0. The molecule has 0 spiro atoms. The maximum absolute atomic E-state index is 12.0. The van der Waals surface area contributed by atoms with Crippen molar-refractivity contribution in [2.75, 3.05) is 9.80 Å². The molecule has 0 saturated carbocycles. The molecule has 0 radical (unpaired) electrons. The fourth-order valence-corrected chi connectivity index (χ4v) is 3.50. The van der Waals surface area contributed by atoms with Crippen LogP contribution >= 0.6 is 0 Å². The molecule has 29 heavy (non-hydrogen) atoms. The minimum Gasteiger partial charge on any atom is -0.274 e. The van der Waals surface area contributed by atoms with E-state index >= 15 is 0 Å². The van der Waals surface area contributed by atoms with Gasteiger partial charge in [0, 0.05) is 11.1 Å². The van der Waals surface area contributed by atoms with Crippen molar-refractivity contribution in [2.45, 2.75) is 19.3 Å². The van der Waals surface area contributed by atoms with Crippen LogP contribution in [0, 0.1) is 0 Å². The maximum Gasteiger partial charge on any atom is 0.260 e. The molecule has 2 aliphatic rings. The second kappa shape index (κ2) is 6.98. The number of hydrogen-bond donors (Lipinski definition) is 0. The summed E-state index contributed by atoms with van der Waals surface area (Å²) in [6.07, 6.45) is 0.744. The molecule has 2 aromatic rings. The first kappa shape index (κ1) is 18.6. The molecular formula is C23H18N2O4. The van der Waals surface area contributed by atoms with Gasteiger partial charge >= 0.3 is 0 Å². The summed E-state index contributed by atoms with van der Waals surface area (Å²) in [5.74, 6) is -1.24. The van der Waals surface area contributed by atoms with E-state index in [1.54, 1.807) is 24.3 Å². The van der Waals surface area contributed by atoms with Gasteiger partial charge in [0.25, 0.3) is 11.8 Å². The first-order valence-corrected chi connectivity index (χ1v) is 9.13. The van der Waals surface area contributed by atoms with Crippen molar-refractivity contribution in [3.63, 3.8) is 0 Å². The number of rotatable bonds is 4. The fraction of sp³-hybridized carbons (Fsp3) is 0.130. The number of amides is 4. The van der Waals surface area contributed by atoms with Crippen LogP contribution in [0.1, 0.15) is 24.0 Å². The van der Waals surface area contributed by atoms with Crippen LogP contribution in [-0.4, -0.2) is 23.6 Å². The number of imide groups is 2. The predicted molar refractivity (Wildman–Crippen MR) is 108 cm³/mol. The fourth-order valence-electron chi connectivity index (χ4n) is 3.50. The zero-order valence-corrected chi connectivity index (χ0v) is 15.7. The van der Waals surface area contributed by atoms with Gasteiger partial charge in [0.15, 0.2) is 0 Å². The number of carbonyl (C=O) groups excluding carboxylic acids is 4. The number of anilines is 2. The second-order valence-electron chi connectivity index (χ2n) is 7.14. The highest BCUT2D eigenvalue weighted by molar-refractivity contribution is 6.28. The Labute approximate surface area is 167 Å². The Morgan fingerprint density at radius 2 is 0.966 bits per heavy atom.